The lowest BCUT2D eigenvalue weighted by Gasteiger charge is -2.26. The first-order valence-corrected chi connectivity index (χ1v) is 27.0. The number of methoxy groups -OCH3 is 2. The molecular weight excluding hydrogens is 942 g/mol. The predicted octanol–water partition coefficient (Wildman–Crippen LogP) is 15.4. The van der Waals surface area contributed by atoms with Crippen LogP contribution in [0.3, 0.4) is 0 Å². The van der Waals surface area contributed by atoms with Crippen LogP contribution in [0, 0.1) is 0 Å². The third-order valence-corrected chi connectivity index (χ3v) is 15.9. The zero-order chi connectivity index (χ0) is 52.4. The van der Waals surface area contributed by atoms with Crippen molar-refractivity contribution in [3.63, 3.8) is 0 Å². The van der Waals surface area contributed by atoms with Gasteiger partial charge >= 0.3 is 0 Å². The molecule has 0 aliphatic rings. The van der Waals surface area contributed by atoms with Gasteiger partial charge in [-0.15, -0.1) is 0 Å². The summed E-state index contributed by atoms with van der Waals surface area (Å²) in [6.07, 6.45) is 0. The predicted molar refractivity (Wildman–Crippen MR) is 338 cm³/mol. The molecule has 370 valence electrons. The Morgan fingerprint density at radius 1 is 0.244 bits per heavy atom. The van der Waals surface area contributed by atoms with Crippen molar-refractivity contribution in [3.05, 3.63) is 301 Å². The summed E-state index contributed by atoms with van der Waals surface area (Å²) in [5, 5.41) is 14.5. The summed E-state index contributed by atoms with van der Waals surface area (Å²) in [4.78, 5) is 0. The second-order valence-corrected chi connectivity index (χ2v) is 20.6. The number of hydrogen-bond acceptors (Lipinski definition) is 2. The molecule has 0 atom stereocenters. The Bertz CT molecular complexity index is 4000. The maximum Gasteiger partial charge on any atom is 0.242 e. The summed E-state index contributed by atoms with van der Waals surface area (Å²) < 4.78 is 12.7. The van der Waals surface area contributed by atoms with Crippen LogP contribution in [0.15, 0.2) is 279 Å². The van der Waals surface area contributed by atoms with Crippen LogP contribution >= 0.6 is 0 Å². The maximum atomic E-state index is 6.36. The molecule has 13 aromatic carbocycles. The number of hydrogen-bond donors (Lipinski definition) is 0. The highest BCUT2D eigenvalue weighted by Gasteiger charge is 2.32. The number of benzene rings is 13. The van der Waals surface area contributed by atoms with Gasteiger partial charge in [0.05, 0.1) is 13.2 Å². The maximum absolute atomic E-state index is 6.36. The van der Waals surface area contributed by atoms with Crippen LogP contribution in [0.1, 0.15) is 22.3 Å². The fourth-order valence-electron chi connectivity index (χ4n) is 12.1. The fourth-order valence-corrected chi connectivity index (χ4v) is 12.1. The molecule has 0 amide bonds. The molecule has 4 heteroatoms. The first kappa shape index (κ1) is 48.6. The molecule has 0 saturated heterocycles. The third kappa shape index (κ3) is 9.51. The molecule has 0 bridgehead atoms. The lowest BCUT2D eigenvalue weighted by atomic mass is 9.34. The molecule has 0 heterocycles. The van der Waals surface area contributed by atoms with E-state index in [4.69, 9.17) is 9.47 Å². The van der Waals surface area contributed by atoms with E-state index in [2.05, 4.69) is 279 Å². The minimum atomic E-state index is -0.154. The zero-order valence-corrected chi connectivity index (χ0v) is 43.9. The van der Waals surface area contributed by atoms with Crippen molar-refractivity contribution < 1.29 is 9.47 Å². The Labute approximate surface area is 457 Å². The lowest BCUT2D eigenvalue weighted by Crippen LogP contribution is -2.44. The number of ether oxygens (including phenoxy) is 2. The summed E-state index contributed by atoms with van der Waals surface area (Å²) in [7, 11) is 3.64. The SMILES string of the molecule is COC/C(=C(\B(c1ccc2ccccc2c1)c1ccc2ccccc2c1)c1ccc2ccccc2c1)c1ccc(/C(COC)=C(/B(c2ccc3ccccc3c2)c2ccc3ccccc3c2)c2ccc3ccccc3c2)cc1. The van der Waals surface area contributed by atoms with Gasteiger partial charge in [-0.2, -0.15) is 0 Å². The largest absolute Gasteiger partial charge is 0.380 e. The molecule has 13 aromatic rings. The molecule has 2 nitrogen and oxygen atoms in total. The van der Waals surface area contributed by atoms with Gasteiger partial charge in [0.1, 0.15) is 0 Å². The molecule has 0 aliphatic carbocycles. The molecule has 0 aromatic heterocycles. The quantitative estimate of drug-likeness (QED) is 0.0798. The molecule has 78 heavy (non-hydrogen) atoms. The molecule has 0 saturated carbocycles. The highest BCUT2D eigenvalue weighted by Crippen LogP contribution is 2.36. The fraction of sp³-hybridized carbons (Fsp3) is 0.0541. The van der Waals surface area contributed by atoms with Crippen molar-refractivity contribution in [2.24, 2.45) is 0 Å². The van der Waals surface area contributed by atoms with E-state index in [0.717, 1.165) is 33.4 Å². The van der Waals surface area contributed by atoms with Gasteiger partial charge in [-0.05, 0) is 110 Å². The Hall–Kier alpha value is -9.05. The average molecular weight is 999 g/mol. The van der Waals surface area contributed by atoms with E-state index in [1.54, 1.807) is 0 Å². The highest BCUT2D eigenvalue weighted by molar-refractivity contribution is 7.01. The van der Waals surface area contributed by atoms with Crippen molar-refractivity contribution in [2.75, 3.05) is 27.4 Å². The van der Waals surface area contributed by atoms with Crippen LogP contribution in [0.25, 0.3) is 86.7 Å². The molecule has 0 unspecified atom stereocenters. The normalized spacial score (nSPS) is 12.3. The van der Waals surface area contributed by atoms with E-state index in [-0.39, 0.29) is 13.4 Å². The third-order valence-electron chi connectivity index (χ3n) is 15.9. The van der Waals surface area contributed by atoms with Crippen LogP contribution in [0.2, 0.25) is 0 Å². The molecule has 13 rings (SSSR count). The van der Waals surface area contributed by atoms with Gasteiger partial charge in [-0.3, -0.25) is 0 Å². The van der Waals surface area contributed by atoms with Crippen molar-refractivity contribution in [2.45, 2.75) is 0 Å². The minimum absolute atomic E-state index is 0.154. The number of rotatable bonds is 14. The first-order chi connectivity index (χ1) is 38.6. The molecule has 0 fully saturated rings. The topological polar surface area (TPSA) is 18.5 Å². The van der Waals surface area contributed by atoms with E-state index in [0.29, 0.717) is 13.2 Å². The Morgan fingerprint density at radius 2 is 0.462 bits per heavy atom. The first-order valence-electron chi connectivity index (χ1n) is 27.0. The van der Waals surface area contributed by atoms with Gasteiger partial charge in [0.25, 0.3) is 0 Å². The van der Waals surface area contributed by atoms with Gasteiger partial charge < -0.3 is 9.47 Å². The van der Waals surface area contributed by atoms with E-state index >= 15 is 0 Å². The zero-order valence-electron chi connectivity index (χ0n) is 43.9. The second-order valence-electron chi connectivity index (χ2n) is 20.6. The summed E-state index contributed by atoms with van der Waals surface area (Å²) >= 11 is 0. The Morgan fingerprint density at radius 3 is 0.718 bits per heavy atom. The second kappa shape index (κ2) is 21.5. The van der Waals surface area contributed by atoms with Gasteiger partial charge in [-0.1, -0.05) is 300 Å². The van der Waals surface area contributed by atoms with Crippen molar-refractivity contribution in [1.29, 1.82) is 0 Å². The Balaban J connectivity index is 1.07. The van der Waals surface area contributed by atoms with Gasteiger partial charge in [-0.25, -0.2) is 0 Å². The average Bonchev–Trinajstić information content (AvgIpc) is 3.53. The van der Waals surface area contributed by atoms with Crippen molar-refractivity contribution >= 4 is 122 Å². The number of fused-ring (bicyclic) bond motifs is 6. The van der Waals surface area contributed by atoms with Crippen LogP contribution < -0.4 is 21.9 Å². The van der Waals surface area contributed by atoms with Gasteiger partial charge in [0, 0.05) is 14.2 Å². The van der Waals surface area contributed by atoms with Crippen LogP contribution in [-0.4, -0.2) is 40.9 Å². The van der Waals surface area contributed by atoms with E-state index in [1.165, 1.54) is 97.4 Å². The van der Waals surface area contributed by atoms with Gasteiger partial charge in [0.15, 0.2) is 0 Å². The summed E-state index contributed by atoms with van der Waals surface area (Å²) in [5.41, 5.74) is 14.0. The summed E-state index contributed by atoms with van der Waals surface area (Å²) in [5.74, 6) is 0. The molecule has 0 radical (unpaired) electrons. The monoisotopic (exact) mass is 998 g/mol. The van der Waals surface area contributed by atoms with Crippen molar-refractivity contribution in [1.82, 2.24) is 0 Å². The molecular formula is C74H56B2O2. The summed E-state index contributed by atoms with van der Waals surface area (Å²) in [6.45, 7) is 0.486. The van der Waals surface area contributed by atoms with E-state index in [1.807, 2.05) is 14.2 Å². The van der Waals surface area contributed by atoms with Crippen LogP contribution in [0.5, 0.6) is 0 Å². The lowest BCUT2D eigenvalue weighted by molar-refractivity contribution is 0.240. The smallest absolute Gasteiger partial charge is 0.242 e. The van der Waals surface area contributed by atoms with E-state index < -0.39 is 0 Å². The highest BCUT2D eigenvalue weighted by atomic mass is 16.5. The van der Waals surface area contributed by atoms with Crippen molar-refractivity contribution in [3.8, 4) is 0 Å². The standard InChI is InChI=1S/C74H56B2O2/c1-77-49-71(73(65-33-27-51-15-3-9-21-59(51)43-65)75(67-39-35-53-17-5-11-23-61(53)45-67)68-40-36-54-18-6-12-24-62(54)46-68)57-29-31-58(32-30-57)72(50-78-2)74(66-34-28-52-16-4-10-22-60(52)44-66)76(69-41-37-55-19-7-13-25-63(55)47-69)70-42-38-56-20-8-14-26-64(56)48-70/h3-48H,49-50H2,1-2H3/b73-71+,74-72+. The molecule has 0 N–H and O–H groups in total. The molecule has 0 aliphatic heterocycles. The van der Waals surface area contributed by atoms with Gasteiger partial charge in [0.2, 0.25) is 13.4 Å². The van der Waals surface area contributed by atoms with Crippen LogP contribution in [-0.2, 0) is 9.47 Å². The summed E-state index contributed by atoms with van der Waals surface area (Å²) in [6, 6.07) is 103. The van der Waals surface area contributed by atoms with Crippen LogP contribution in [0.4, 0.5) is 0 Å². The van der Waals surface area contributed by atoms with E-state index in [9.17, 15) is 0 Å². The minimum Gasteiger partial charge on any atom is -0.380 e. The molecule has 0 spiro atoms. The Kier molecular flexibility index (Phi) is 13.4.